The second kappa shape index (κ2) is 7.31. The van der Waals surface area contributed by atoms with E-state index < -0.39 is 0 Å². The maximum absolute atomic E-state index is 5.37. The molecule has 106 valence electrons. The summed E-state index contributed by atoms with van der Waals surface area (Å²) < 4.78 is 11.6. The van der Waals surface area contributed by atoms with Crippen LogP contribution >= 0.6 is 15.9 Å². The molecule has 0 aliphatic rings. The first kappa shape index (κ1) is 14.9. The molecule has 1 N–H and O–H groups in total. The number of ether oxygens (including phenoxy) is 2. The third kappa shape index (κ3) is 3.99. The van der Waals surface area contributed by atoms with Crippen molar-refractivity contribution in [3.63, 3.8) is 0 Å². The molecule has 2 rings (SSSR count). The lowest BCUT2D eigenvalue weighted by Gasteiger charge is -2.12. The molecule has 0 spiro atoms. The van der Waals surface area contributed by atoms with Gasteiger partial charge in [0.15, 0.2) is 0 Å². The zero-order valence-electron chi connectivity index (χ0n) is 11.7. The van der Waals surface area contributed by atoms with Crippen LogP contribution in [-0.4, -0.2) is 14.2 Å². The van der Waals surface area contributed by atoms with Gasteiger partial charge in [0.2, 0.25) is 0 Å². The molecule has 3 nitrogen and oxygen atoms in total. The summed E-state index contributed by atoms with van der Waals surface area (Å²) in [5.41, 5.74) is 3.33. The van der Waals surface area contributed by atoms with Gasteiger partial charge in [-0.05, 0) is 35.9 Å². The van der Waals surface area contributed by atoms with Gasteiger partial charge in [-0.15, -0.1) is 0 Å². The highest BCUT2D eigenvalue weighted by Gasteiger charge is 2.04. The molecule has 0 aliphatic heterocycles. The summed E-state index contributed by atoms with van der Waals surface area (Å²) in [6, 6.07) is 14.2. The van der Waals surface area contributed by atoms with Crippen LogP contribution in [0.3, 0.4) is 0 Å². The zero-order chi connectivity index (χ0) is 14.4. The quantitative estimate of drug-likeness (QED) is 0.857. The van der Waals surface area contributed by atoms with E-state index in [4.69, 9.17) is 9.47 Å². The number of hydrogen-bond acceptors (Lipinski definition) is 3. The molecule has 0 aliphatic carbocycles. The molecule has 4 heteroatoms. The summed E-state index contributed by atoms with van der Waals surface area (Å²) in [4.78, 5) is 0. The first-order valence-electron chi connectivity index (χ1n) is 6.37. The van der Waals surface area contributed by atoms with Crippen molar-refractivity contribution in [1.29, 1.82) is 0 Å². The molecule has 0 fully saturated rings. The van der Waals surface area contributed by atoms with Gasteiger partial charge in [0, 0.05) is 29.4 Å². The molecule has 0 atom stereocenters. The van der Waals surface area contributed by atoms with E-state index in [1.807, 2.05) is 30.3 Å². The lowest BCUT2D eigenvalue weighted by Crippen LogP contribution is -2.02. The molecule has 2 aromatic carbocycles. The molecular weight excluding hydrogens is 318 g/mol. The van der Waals surface area contributed by atoms with Crippen LogP contribution in [-0.2, 0) is 17.9 Å². The van der Waals surface area contributed by atoms with Gasteiger partial charge in [0.25, 0.3) is 0 Å². The molecule has 0 bridgehead atoms. The molecular formula is C16H18BrNO2. The van der Waals surface area contributed by atoms with E-state index in [2.05, 4.69) is 33.4 Å². The van der Waals surface area contributed by atoms with Crippen molar-refractivity contribution in [2.75, 3.05) is 19.5 Å². The van der Waals surface area contributed by atoms with Gasteiger partial charge in [-0.2, -0.15) is 0 Å². The highest BCUT2D eigenvalue weighted by Crippen LogP contribution is 2.24. The maximum Gasteiger partial charge on any atom is 0.123 e. The van der Waals surface area contributed by atoms with Crippen LogP contribution in [0.2, 0.25) is 0 Å². The Hall–Kier alpha value is -1.52. The first-order valence-corrected chi connectivity index (χ1v) is 7.16. The minimum absolute atomic E-state index is 0.621. The van der Waals surface area contributed by atoms with E-state index in [9.17, 15) is 0 Å². The van der Waals surface area contributed by atoms with Gasteiger partial charge in [-0.25, -0.2) is 0 Å². The molecule has 0 unspecified atom stereocenters. The van der Waals surface area contributed by atoms with Crippen molar-refractivity contribution in [2.24, 2.45) is 0 Å². The van der Waals surface area contributed by atoms with Crippen LogP contribution < -0.4 is 10.1 Å². The third-order valence-electron chi connectivity index (χ3n) is 2.96. The van der Waals surface area contributed by atoms with E-state index in [1.165, 1.54) is 0 Å². The highest BCUT2D eigenvalue weighted by atomic mass is 79.9. The molecule has 0 aromatic heterocycles. The number of nitrogens with one attached hydrogen (secondary N) is 1. The van der Waals surface area contributed by atoms with Gasteiger partial charge >= 0.3 is 0 Å². The SMILES string of the molecule is COCc1cccc(NCc2cc(Br)ccc2OC)c1. The van der Waals surface area contributed by atoms with Crippen molar-refractivity contribution in [3.05, 3.63) is 58.1 Å². The topological polar surface area (TPSA) is 30.5 Å². The predicted octanol–water partition coefficient (Wildman–Crippen LogP) is 4.22. The van der Waals surface area contributed by atoms with Crippen LogP contribution in [0.5, 0.6) is 5.75 Å². The van der Waals surface area contributed by atoms with Gasteiger partial charge in [-0.1, -0.05) is 28.1 Å². The smallest absolute Gasteiger partial charge is 0.123 e. The first-order chi connectivity index (χ1) is 9.72. The third-order valence-corrected chi connectivity index (χ3v) is 3.46. The maximum atomic E-state index is 5.37. The van der Waals surface area contributed by atoms with Gasteiger partial charge in [0.05, 0.1) is 13.7 Å². The predicted molar refractivity (Wildman–Crippen MR) is 85.2 cm³/mol. The summed E-state index contributed by atoms with van der Waals surface area (Å²) in [5.74, 6) is 0.883. The average Bonchev–Trinajstić information content (AvgIpc) is 2.46. The summed E-state index contributed by atoms with van der Waals surface area (Å²) in [6.07, 6.45) is 0. The summed E-state index contributed by atoms with van der Waals surface area (Å²) >= 11 is 3.48. The molecule has 0 saturated carbocycles. The van der Waals surface area contributed by atoms with Crippen molar-refractivity contribution in [2.45, 2.75) is 13.2 Å². The van der Waals surface area contributed by atoms with Crippen LogP contribution in [0, 0.1) is 0 Å². The summed E-state index contributed by atoms with van der Waals surface area (Å²) in [5, 5.41) is 3.41. The van der Waals surface area contributed by atoms with Gasteiger partial charge in [-0.3, -0.25) is 0 Å². The van der Waals surface area contributed by atoms with E-state index in [-0.39, 0.29) is 0 Å². The molecule has 0 saturated heterocycles. The Balaban J connectivity index is 2.08. The standard InChI is InChI=1S/C16H18BrNO2/c1-19-11-12-4-3-5-15(8-12)18-10-13-9-14(17)6-7-16(13)20-2/h3-9,18H,10-11H2,1-2H3. The average molecular weight is 336 g/mol. The van der Waals surface area contributed by atoms with Crippen molar-refractivity contribution >= 4 is 21.6 Å². The second-order valence-corrected chi connectivity index (χ2v) is 5.36. The Labute approximate surface area is 128 Å². The number of anilines is 1. The summed E-state index contributed by atoms with van der Waals surface area (Å²) in [6.45, 7) is 1.33. The van der Waals surface area contributed by atoms with E-state index in [0.29, 0.717) is 13.2 Å². The fourth-order valence-electron chi connectivity index (χ4n) is 2.02. The monoisotopic (exact) mass is 335 g/mol. The minimum atomic E-state index is 0.621. The van der Waals surface area contributed by atoms with Crippen molar-refractivity contribution in [1.82, 2.24) is 0 Å². The number of benzene rings is 2. The van der Waals surface area contributed by atoms with E-state index in [1.54, 1.807) is 14.2 Å². The Morgan fingerprint density at radius 1 is 1.10 bits per heavy atom. The summed E-state index contributed by atoms with van der Waals surface area (Å²) in [7, 11) is 3.39. The van der Waals surface area contributed by atoms with Crippen molar-refractivity contribution < 1.29 is 9.47 Å². The molecule has 20 heavy (non-hydrogen) atoms. The fraction of sp³-hybridized carbons (Fsp3) is 0.250. The minimum Gasteiger partial charge on any atom is -0.496 e. The Morgan fingerprint density at radius 2 is 1.95 bits per heavy atom. The van der Waals surface area contributed by atoms with E-state index in [0.717, 1.165) is 27.0 Å². The van der Waals surface area contributed by atoms with E-state index >= 15 is 0 Å². The molecule has 0 amide bonds. The van der Waals surface area contributed by atoms with Gasteiger partial charge in [0.1, 0.15) is 5.75 Å². The Bertz CT molecular complexity index is 572. The van der Waals surface area contributed by atoms with Crippen LogP contribution in [0.4, 0.5) is 5.69 Å². The fourth-order valence-corrected chi connectivity index (χ4v) is 2.43. The largest absolute Gasteiger partial charge is 0.496 e. The molecule has 0 heterocycles. The van der Waals surface area contributed by atoms with Crippen LogP contribution in [0.15, 0.2) is 46.9 Å². The number of rotatable bonds is 6. The van der Waals surface area contributed by atoms with Crippen molar-refractivity contribution in [3.8, 4) is 5.75 Å². The lowest BCUT2D eigenvalue weighted by atomic mass is 10.1. The van der Waals surface area contributed by atoms with Gasteiger partial charge < -0.3 is 14.8 Å². The lowest BCUT2D eigenvalue weighted by molar-refractivity contribution is 0.185. The zero-order valence-corrected chi connectivity index (χ0v) is 13.2. The normalized spacial score (nSPS) is 10.3. The number of methoxy groups -OCH3 is 2. The van der Waals surface area contributed by atoms with Crippen LogP contribution in [0.1, 0.15) is 11.1 Å². The highest BCUT2D eigenvalue weighted by molar-refractivity contribution is 9.10. The number of hydrogen-bond donors (Lipinski definition) is 1. The second-order valence-electron chi connectivity index (χ2n) is 4.44. The Morgan fingerprint density at radius 3 is 2.70 bits per heavy atom. The molecule has 0 radical (unpaired) electrons. The molecule has 2 aromatic rings. The van der Waals surface area contributed by atoms with Crippen LogP contribution in [0.25, 0.3) is 0 Å². The number of halogens is 1. The Kier molecular flexibility index (Phi) is 5.44.